The Morgan fingerprint density at radius 3 is 2.11 bits per heavy atom. The predicted molar refractivity (Wildman–Crippen MR) is 142 cm³/mol. The number of nitrogens with one attached hydrogen (secondary N) is 2. The zero-order valence-electron chi connectivity index (χ0n) is 19.9. The molecule has 4 rings (SSSR count). The Hall–Kier alpha value is -3.94. The average Bonchev–Trinajstić information content (AvgIpc) is 2.90. The fourth-order valence-corrected chi connectivity index (χ4v) is 4.92. The molecule has 4 aromatic rings. The Bertz CT molecular complexity index is 1390. The average molecular weight is 501 g/mol. The smallest absolute Gasteiger partial charge is 0.241 e. The normalized spacial score (nSPS) is 12.0. The second kappa shape index (κ2) is 11.7. The Morgan fingerprint density at radius 1 is 0.806 bits per heavy atom. The van der Waals surface area contributed by atoms with Crippen molar-refractivity contribution in [3.05, 3.63) is 120 Å². The number of carbonyl (C=O) groups excluding carboxylic acids is 1. The maximum atomic E-state index is 12.8. The highest BCUT2D eigenvalue weighted by Gasteiger charge is 2.18. The second-order valence-electron chi connectivity index (χ2n) is 8.36. The third-order valence-corrected chi connectivity index (χ3v) is 7.19. The monoisotopic (exact) mass is 500 g/mol. The Morgan fingerprint density at radius 2 is 1.42 bits per heavy atom. The quantitative estimate of drug-likeness (QED) is 0.276. The summed E-state index contributed by atoms with van der Waals surface area (Å²) in [4.78, 5) is 12.8. The van der Waals surface area contributed by atoms with Crippen LogP contribution in [0, 0.1) is 0 Å². The van der Waals surface area contributed by atoms with E-state index in [1.807, 2.05) is 79.7 Å². The number of ether oxygens (including phenoxy) is 1. The molecule has 0 saturated heterocycles. The van der Waals surface area contributed by atoms with Crippen LogP contribution in [0.25, 0.3) is 0 Å². The molecule has 0 aromatic heterocycles. The lowest BCUT2D eigenvalue weighted by Gasteiger charge is -2.15. The number of rotatable bonds is 10. The largest absolute Gasteiger partial charge is 0.455 e. The summed E-state index contributed by atoms with van der Waals surface area (Å²) in [6.07, 6.45) is 0.719. The van der Waals surface area contributed by atoms with Gasteiger partial charge < -0.3 is 10.1 Å². The van der Waals surface area contributed by atoms with Crippen molar-refractivity contribution in [3.63, 3.8) is 0 Å². The fraction of sp³-hybridized carbons (Fsp3) is 0.138. The predicted octanol–water partition coefficient (Wildman–Crippen LogP) is 6.09. The number of aryl methyl sites for hydroxylation is 1. The molecule has 4 aromatic carbocycles. The van der Waals surface area contributed by atoms with Gasteiger partial charge in [-0.25, -0.2) is 13.1 Å². The highest BCUT2D eigenvalue weighted by molar-refractivity contribution is 7.89. The summed E-state index contributed by atoms with van der Waals surface area (Å²) >= 11 is 0. The minimum Gasteiger partial charge on any atom is -0.455 e. The molecule has 7 heteroatoms. The molecular weight excluding hydrogens is 472 g/mol. The highest BCUT2D eigenvalue weighted by atomic mass is 32.2. The van der Waals surface area contributed by atoms with Crippen molar-refractivity contribution in [1.29, 1.82) is 0 Å². The van der Waals surface area contributed by atoms with Crippen LogP contribution in [-0.4, -0.2) is 14.3 Å². The van der Waals surface area contributed by atoms with E-state index in [0.717, 1.165) is 11.1 Å². The van der Waals surface area contributed by atoms with Crippen LogP contribution in [0.2, 0.25) is 0 Å². The number of sulfonamides is 1. The zero-order valence-corrected chi connectivity index (χ0v) is 20.7. The minimum absolute atomic E-state index is 0.158. The molecule has 0 heterocycles. The standard InChI is InChI=1S/C29H28N2O4S/c1-22(24-10-4-2-5-11-24)31-36(33,34)26-19-16-23(17-20-26)18-21-29(32)30-27-14-8-9-15-28(27)35-25-12-6-3-7-13-25/h2-17,19-20,22,31H,18,21H2,1H3,(H,30,32)/t22-/m0/s1. The molecule has 184 valence electrons. The number of anilines is 1. The van der Waals surface area contributed by atoms with Gasteiger partial charge in [-0.05, 0) is 60.9 Å². The van der Waals surface area contributed by atoms with E-state index in [-0.39, 0.29) is 23.3 Å². The van der Waals surface area contributed by atoms with E-state index in [2.05, 4.69) is 10.0 Å². The van der Waals surface area contributed by atoms with Gasteiger partial charge in [0.25, 0.3) is 0 Å². The number of hydrogen-bond donors (Lipinski definition) is 2. The van der Waals surface area contributed by atoms with Gasteiger partial charge in [-0.3, -0.25) is 4.79 Å². The Labute approximate surface area is 212 Å². The Kier molecular flexibility index (Phi) is 8.15. The Balaban J connectivity index is 1.33. The van der Waals surface area contributed by atoms with Crippen molar-refractivity contribution in [2.75, 3.05) is 5.32 Å². The first-order chi connectivity index (χ1) is 17.4. The third kappa shape index (κ3) is 6.81. The molecule has 0 radical (unpaired) electrons. The van der Waals surface area contributed by atoms with Crippen molar-refractivity contribution < 1.29 is 17.9 Å². The van der Waals surface area contributed by atoms with Gasteiger partial charge in [0.15, 0.2) is 5.75 Å². The molecule has 0 unspecified atom stereocenters. The molecule has 6 nitrogen and oxygen atoms in total. The van der Waals surface area contributed by atoms with Crippen LogP contribution in [-0.2, 0) is 21.2 Å². The van der Waals surface area contributed by atoms with Crippen molar-refractivity contribution >= 4 is 21.6 Å². The number of carbonyl (C=O) groups is 1. The number of amides is 1. The van der Waals surface area contributed by atoms with E-state index in [1.165, 1.54) is 0 Å². The van der Waals surface area contributed by atoms with Gasteiger partial charge >= 0.3 is 0 Å². The molecule has 36 heavy (non-hydrogen) atoms. The number of benzene rings is 4. The van der Waals surface area contributed by atoms with E-state index in [9.17, 15) is 13.2 Å². The van der Waals surface area contributed by atoms with Gasteiger partial charge in [-0.1, -0.05) is 72.8 Å². The third-order valence-electron chi connectivity index (χ3n) is 5.64. The molecule has 0 bridgehead atoms. The molecule has 0 fully saturated rings. The summed E-state index contributed by atoms with van der Waals surface area (Å²) < 4.78 is 34.1. The number of hydrogen-bond acceptors (Lipinski definition) is 4. The molecule has 2 N–H and O–H groups in total. The van der Waals surface area contributed by atoms with Crippen molar-refractivity contribution in [2.24, 2.45) is 0 Å². The first kappa shape index (κ1) is 25.2. The fourth-order valence-electron chi connectivity index (χ4n) is 3.69. The van der Waals surface area contributed by atoms with E-state index >= 15 is 0 Å². The summed E-state index contributed by atoms with van der Waals surface area (Å²) in [5.74, 6) is 1.08. The first-order valence-electron chi connectivity index (χ1n) is 11.7. The van der Waals surface area contributed by atoms with E-state index in [1.54, 1.807) is 36.4 Å². The highest BCUT2D eigenvalue weighted by Crippen LogP contribution is 2.29. The van der Waals surface area contributed by atoms with Crippen LogP contribution in [0.4, 0.5) is 5.69 Å². The van der Waals surface area contributed by atoms with Crippen molar-refractivity contribution in [1.82, 2.24) is 4.72 Å². The lowest BCUT2D eigenvalue weighted by molar-refractivity contribution is -0.116. The summed E-state index contributed by atoms with van der Waals surface area (Å²) in [5, 5.41) is 2.90. The summed E-state index contributed by atoms with van der Waals surface area (Å²) in [6, 6.07) is 32.3. The maximum Gasteiger partial charge on any atom is 0.241 e. The van der Waals surface area contributed by atoms with Crippen LogP contribution in [0.1, 0.15) is 30.5 Å². The van der Waals surface area contributed by atoms with Gasteiger partial charge in [0.05, 0.1) is 10.6 Å². The molecule has 0 aliphatic rings. The second-order valence-corrected chi connectivity index (χ2v) is 10.1. The molecule has 0 saturated carbocycles. The van der Waals surface area contributed by atoms with Gasteiger partial charge in [0, 0.05) is 12.5 Å². The van der Waals surface area contributed by atoms with Crippen LogP contribution < -0.4 is 14.8 Å². The van der Waals surface area contributed by atoms with Gasteiger partial charge in [0.2, 0.25) is 15.9 Å². The lowest BCUT2D eigenvalue weighted by atomic mass is 10.1. The lowest BCUT2D eigenvalue weighted by Crippen LogP contribution is -2.26. The van der Waals surface area contributed by atoms with Crippen LogP contribution >= 0.6 is 0 Å². The molecule has 0 spiro atoms. The van der Waals surface area contributed by atoms with E-state index < -0.39 is 10.0 Å². The molecule has 0 aliphatic heterocycles. The van der Waals surface area contributed by atoms with Crippen molar-refractivity contribution in [3.8, 4) is 11.5 Å². The van der Waals surface area contributed by atoms with Gasteiger partial charge in [0.1, 0.15) is 5.75 Å². The SMILES string of the molecule is C[C@H](NS(=O)(=O)c1ccc(CCC(=O)Nc2ccccc2Oc2ccccc2)cc1)c1ccccc1. The topological polar surface area (TPSA) is 84.5 Å². The minimum atomic E-state index is -3.67. The first-order valence-corrected chi connectivity index (χ1v) is 13.2. The maximum absolute atomic E-state index is 12.8. The van der Waals surface area contributed by atoms with Gasteiger partial charge in [-0.15, -0.1) is 0 Å². The molecule has 1 atom stereocenters. The van der Waals surface area contributed by atoms with E-state index in [4.69, 9.17) is 4.74 Å². The van der Waals surface area contributed by atoms with E-state index in [0.29, 0.717) is 23.6 Å². The zero-order chi connectivity index (χ0) is 25.4. The number of para-hydroxylation sites is 3. The van der Waals surface area contributed by atoms with Crippen LogP contribution in [0.3, 0.4) is 0 Å². The summed E-state index contributed by atoms with van der Waals surface area (Å²) in [5.41, 5.74) is 2.35. The molecule has 1 amide bonds. The molecule has 0 aliphatic carbocycles. The van der Waals surface area contributed by atoms with Crippen LogP contribution in [0.5, 0.6) is 11.5 Å². The van der Waals surface area contributed by atoms with Crippen LogP contribution in [0.15, 0.2) is 114 Å². The van der Waals surface area contributed by atoms with Crippen molar-refractivity contribution in [2.45, 2.75) is 30.7 Å². The summed E-state index contributed by atoms with van der Waals surface area (Å²) in [6.45, 7) is 1.81. The van der Waals surface area contributed by atoms with Gasteiger partial charge in [-0.2, -0.15) is 0 Å². The summed E-state index contributed by atoms with van der Waals surface area (Å²) in [7, 11) is -3.67. The molecular formula is C29H28N2O4S.